The summed E-state index contributed by atoms with van der Waals surface area (Å²) in [6.45, 7) is 5.37. The molecule has 0 saturated heterocycles. The van der Waals surface area contributed by atoms with Crippen LogP contribution in [-0.2, 0) is 6.61 Å². The number of nitrogens with zero attached hydrogens (tertiary/aromatic N) is 2. The number of hydrogen-bond acceptors (Lipinski definition) is 5. The molecule has 0 radical (unpaired) electrons. The first kappa shape index (κ1) is 19.5. The second-order valence-corrected chi connectivity index (χ2v) is 6.47. The third-order valence-electron chi connectivity index (χ3n) is 3.97. The molecule has 0 aliphatic carbocycles. The lowest BCUT2D eigenvalue weighted by atomic mass is 10.1. The standard InChI is InChI=1S/C20H19F2N3O3/c1-11(2)24-20(26)13-7-8-17(23-9-13)27-10-15-12(3)28-25-19(15)14-5-4-6-16(21)18(14)22/h4-9,11H,10H2,1-3H3,(H,24,26). The third kappa shape index (κ3) is 4.16. The molecule has 0 unspecified atom stereocenters. The maximum absolute atomic E-state index is 14.1. The van der Waals surface area contributed by atoms with Crippen molar-refractivity contribution in [1.82, 2.24) is 15.5 Å². The van der Waals surface area contributed by atoms with E-state index >= 15 is 0 Å². The molecule has 2 heterocycles. The number of carbonyl (C=O) groups excluding carboxylic acids is 1. The number of carbonyl (C=O) groups is 1. The second-order valence-electron chi connectivity index (χ2n) is 6.47. The predicted molar refractivity (Wildman–Crippen MR) is 97.8 cm³/mol. The van der Waals surface area contributed by atoms with Crippen LogP contribution in [0.25, 0.3) is 11.3 Å². The van der Waals surface area contributed by atoms with E-state index in [4.69, 9.17) is 9.26 Å². The molecule has 28 heavy (non-hydrogen) atoms. The first-order chi connectivity index (χ1) is 13.4. The Hall–Kier alpha value is -3.29. The maximum Gasteiger partial charge on any atom is 0.253 e. The molecular formula is C20H19F2N3O3. The molecule has 0 saturated carbocycles. The summed E-state index contributed by atoms with van der Waals surface area (Å²) in [4.78, 5) is 16.0. The number of rotatable bonds is 6. The van der Waals surface area contributed by atoms with E-state index in [2.05, 4.69) is 15.5 Å². The van der Waals surface area contributed by atoms with Crippen molar-refractivity contribution in [1.29, 1.82) is 0 Å². The molecule has 0 spiro atoms. The van der Waals surface area contributed by atoms with E-state index in [1.54, 1.807) is 19.1 Å². The Balaban J connectivity index is 1.76. The highest BCUT2D eigenvalue weighted by Gasteiger charge is 2.20. The van der Waals surface area contributed by atoms with Crippen LogP contribution in [0.4, 0.5) is 8.78 Å². The van der Waals surface area contributed by atoms with Gasteiger partial charge >= 0.3 is 0 Å². The van der Waals surface area contributed by atoms with Crippen LogP contribution < -0.4 is 10.1 Å². The van der Waals surface area contributed by atoms with Crippen LogP contribution in [0.5, 0.6) is 5.88 Å². The van der Waals surface area contributed by atoms with Crippen molar-refractivity contribution in [3.8, 4) is 17.1 Å². The van der Waals surface area contributed by atoms with Crippen molar-refractivity contribution < 1.29 is 22.8 Å². The van der Waals surface area contributed by atoms with E-state index in [0.29, 0.717) is 16.9 Å². The molecule has 8 heteroatoms. The molecule has 3 rings (SSSR count). The summed E-state index contributed by atoms with van der Waals surface area (Å²) in [6, 6.07) is 7.00. The first-order valence-electron chi connectivity index (χ1n) is 8.66. The Morgan fingerprint density at radius 1 is 1.25 bits per heavy atom. The highest BCUT2D eigenvalue weighted by atomic mass is 19.2. The summed E-state index contributed by atoms with van der Waals surface area (Å²) in [7, 11) is 0. The monoisotopic (exact) mass is 387 g/mol. The third-order valence-corrected chi connectivity index (χ3v) is 3.97. The average molecular weight is 387 g/mol. The lowest BCUT2D eigenvalue weighted by molar-refractivity contribution is 0.0942. The van der Waals surface area contributed by atoms with E-state index < -0.39 is 11.6 Å². The summed E-state index contributed by atoms with van der Waals surface area (Å²) < 4.78 is 38.4. The van der Waals surface area contributed by atoms with Crippen molar-refractivity contribution in [3.63, 3.8) is 0 Å². The molecule has 1 amide bonds. The minimum absolute atomic E-state index is 0.00877. The van der Waals surface area contributed by atoms with Crippen molar-refractivity contribution >= 4 is 5.91 Å². The number of halogens is 2. The van der Waals surface area contributed by atoms with Crippen LogP contribution in [0.2, 0.25) is 0 Å². The smallest absolute Gasteiger partial charge is 0.253 e. The fraction of sp³-hybridized carbons (Fsp3) is 0.250. The molecule has 1 aromatic carbocycles. The molecule has 3 aromatic rings. The number of amides is 1. The van der Waals surface area contributed by atoms with E-state index in [-0.39, 0.29) is 35.7 Å². The van der Waals surface area contributed by atoms with Gasteiger partial charge in [-0.3, -0.25) is 4.79 Å². The molecule has 146 valence electrons. The molecular weight excluding hydrogens is 368 g/mol. The zero-order chi connectivity index (χ0) is 20.3. The summed E-state index contributed by atoms with van der Waals surface area (Å²) in [5.41, 5.74) is 1.05. The maximum atomic E-state index is 14.1. The highest BCUT2D eigenvalue weighted by molar-refractivity contribution is 5.94. The van der Waals surface area contributed by atoms with Crippen molar-refractivity contribution in [2.24, 2.45) is 0 Å². The Labute approximate surface area is 160 Å². The number of nitrogens with one attached hydrogen (secondary N) is 1. The van der Waals surface area contributed by atoms with Gasteiger partial charge in [0.1, 0.15) is 18.1 Å². The molecule has 1 N–H and O–H groups in total. The zero-order valence-corrected chi connectivity index (χ0v) is 15.6. The Kier molecular flexibility index (Phi) is 5.67. The number of aryl methyl sites for hydroxylation is 1. The second kappa shape index (κ2) is 8.16. The fourth-order valence-corrected chi connectivity index (χ4v) is 2.55. The Morgan fingerprint density at radius 3 is 2.71 bits per heavy atom. The van der Waals surface area contributed by atoms with E-state index in [1.165, 1.54) is 18.3 Å². The van der Waals surface area contributed by atoms with Gasteiger partial charge in [0.05, 0.1) is 11.1 Å². The molecule has 0 fully saturated rings. The molecule has 0 bridgehead atoms. The van der Waals surface area contributed by atoms with Gasteiger partial charge in [-0.2, -0.15) is 0 Å². The van der Waals surface area contributed by atoms with Crippen LogP contribution in [-0.4, -0.2) is 22.1 Å². The minimum atomic E-state index is -1.00. The number of ether oxygens (including phenoxy) is 1. The van der Waals surface area contributed by atoms with E-state index in [1.807, 2.05) is 13.8 Å². The summed E-state index contributed by atoms with van der Waals surface area (Å²) >= 11 is 0. The summed E-state index contributed by atoms with van der Waals surface area (Å²) in [6.07, 6.45) is 1.40. The van der Waals surface area contributed by atoms with Crippen LogP contribution in [0, 0.1) is 18.6 Å². The molecule has 0 atom stereocenters. The van der Waals surface area contributed by atoms with Crippen LogP contribution >= 0.6 is 0 Å². The SMILES string of the molecule is Cc1onc(-c2cccc(F)c2F)c1COc1ccc(C(=O)NC(C)C)cn1. The largest absolute Gasteiger partial charge is 0.473 e. The van der Waals surface area contributed by atoms with Gasteiger partial charge < -0.3 is 14.6 Å². The number of hydrogen-bond donors (Lipinski definition) is 1. The number of pyridine rings is 1. The van der Waals surface area contributed by atoms with Crippen LogP contribution in [0.1, 0.15) is 35.5 Å². The molecule has 0 aliphatic heterocycles. The van der Waals surface area contributed by atoms with Gasteiger partial charge in [0.25, 0.3) is 5.91 Å². The van der Waals surface area contributed by atoms with Gasteiger partial charge in [-0.05, 0) is 39.0 Å². The summed E-state index contributed by atoms with van der Waals surface area (Å²) in [5.74, 6) is -1.51. The van der Waals surface area contributed by atoms with Crippen LogP contribution in [0.3, 0.4) is 0 Å². The van der Waals surface area contributed by atoms with Crippen molar-refractivity contribution in [2.45, 2.75) is 33.4 Å². The first-order valence-corrected chi connectivity index (χ1v) is 8.66. The van der Waals surface area contributed by atoms with Gasteiger partial charge in [-0.25, -0.2) is 13.8 Å². The van der Waals surface area contributed by atoms with E-state index in [9.17, 15) is 13.6 Å². The molecule has 2 aromatic heterocycles. The van der Waals surface area contributed by atoms with Gasteiger partial charge in [0.2, 0.25) is 5.88 Å². The number of aromatic nitrogens is 2. The molecule has 6 nitrogen and oxygen atoms in total. The van der Waals surface area contributed by atoms with E-state index in [0.717, 1.165) is 6.07 Å². The minimum Gasteiger partial charge on any atom is -0.473 e. The number of benzene rings is 1. The normalized spacial score (nSPS) is 10.9. The highest BCUT2D eigenvalue weighted by Crippen LogP contribution is 2.29. The summed E-state index contributed by atoms with van der Waals surface area (Å²) in [5, 5.41) is 6.60. The molecule has 0 aliphatic rings. The lowest BCUT2D eigenvalue weighted by Gasteiger charge is -2.09. The van der Waals surface area contributed by atoms with Gasteiger partial charge in [0.15, 0.2) is 11.6 Å². The quantitative estimate of drug-likeness (QED) is 0.691. The predicted octanol–water partition coefficient (Wildman–Crippen LogP) is 4.04. The zero-order valence-electron chi connectivity index (χ0n) is 15.6. The fourth-order valence-electron chi connectivity index (χ4n) is 2.55. The van der Waals surface area contributed by atoms with Gasteiger partial charge in [-0.15, -0.1) is 0 Å². The Morgan fingerprint density at radius 2 is 2.04 bits per heavy atom. The van der Waals surface area contributed by atoms with Gasteiger partial charge in [-0.1, -0.05) is 11.2 Å². The average Bonchev–Trinajstić information content (AvgIpc) is 3.02. The van der Waals surface area contributed by atoms with Crippen molar-refractivity contribution in [3.05, 3.63) is 65.1 Å². The van der Waals surface area contributed by atoms with Crippen LogP contribution in [0.15, 0.2) is 41.1 Å². The topological polar surface area (TPSA) is 77.2 Å². The van der Waals surface area contributed by atoms with Crippen molar-refractivity contribution in [2.75, 3.05) is 0 Å². The lowest BCUT2D eigenvalue weighted by Crippen LogP contribution is -2.30. The van der Waals surface area contributed by atoms with Gasteiger partial charge in [0, 0.05) is 23.9 Å². The Bertz CT molecular complexity index is 985.